The summed E-state index contributed by atoms with van der Waals surface area (Å²) in [6, 6.07) is 5.26. The van der Waals surface area contributed by atoms with Crippen LogP contribution in [-0.2, 0) is 9.53 Å². The highest BCUT2D eigenvalue weighted by Gasteiger charge is 2.17. The van der Waals surface area contributed by atoms with Crippen LogP contribution in [0.4, 0.5) is 0 Å². The van der Waals surface area contributed by atoms with Gasteiger partial charge in [0, 0.05) is 24.6 Å². The zero-order valence-corrected chi connectivity index (χ0v) is 12.5. The fraction of sp³-hybridized carbons (Fsp3) is 0.375. The van der Waals surface area contributed by atoms with E-state index in [2.05, 4.69) is 16.6 Å². The van der Waals surface area contributed by atoms with E-state index in [1.54, 1.807) is 19.2 Å². The number of hydrogen-bond donors (Lipinski definition) is 1. The summed E-state index contributed by atoms with van der Waals surface area (Å²) in [7, 11) is 2.83. The Kier molecular flexibility index (Phi) is 6.44. The van der Waals surface area contributed by atoms with Crippen molar-refractivity contribution in [1.29, 1.82) is 0 Å². The van der Waals surface area contributed by atoms with Gasteiger partial charge in [0.15, 0.2) is 0 Å². The fourth-order valence-electron chi connectivity index (χ4n) is 1.75. The van der Waals surface area contributed by atoms with E-state index < -0.39 is 5.97 Å². The van der Waals surface area contributed by atoms with Crippen LogP contribution in [0, 0.1) is 18.8 Å². The Morgan fingerprint density at radius 1 is 1.38 bits per heavy atom. The summed E-state index contributed by atoms with van der Waals surface area (Å²) in [6.45, 7) is 1.71. The Bertz CT molecular complexity index is 584. The van der Waals surface area contributed by atoms with Crippen LogP contribution in [-0.4, -0.2) is 49.2 Å². The Balaban J connectivity index is 2.98. The first kappa shape index (κ1) is 16.7. The third kappa shape index (κ3) is 4.62. The number of rotatable bonds is 4. The van der Waals surface area contributed by atoms with Crippen molar-refractivity contribution in [3.05, 3.63) is 34.9 Å². The van der Waals surface area contributed by atoms with Crippen LogP contribution in [0.25, 0.3) is 0 Å². The average Bonchev–Trinajstić information content (AvgIpc) is 2.48. The molecule has 0 unspecified atom stereocenters. The van der Waals surface area contributed by atoms with Crippen molar-refractivity contribution in [2.45, 2.75) is 13.3 Å². The smallest absolute Gasteiger partial charge is 0.325 e. The van der Waals surface area contributed by atoms with Crippen molar-refractivity contribution in [3.63, 3.8) is 0 Å². The molecule has 1 aromatic rings. The van der Waals surface area contributed by atoms with Gasteiger partial charge in [-0.1, -0.05) is 17.9 Å². The molecule has 1 amide bonds. The summed E-state index contributed by atoms with van der Waals surface area (Å²) in [5.74, 6) is 5.03. The standard InChI is InChI=1S/C16H19NO4/c1-12-13(7-4-5-10-18)8-6-9-14(12)16(20)17(2)11-15(19)21-3/h6,8-9,18H,5,10-11H2,1-3H3. The molecule has 0 fully saturated rings. The predicted molar refractivity (Wildman–Crippen MR) is 78.7 cm³/mol. The number of esters is 1. The molecule has 0 saturated carbocycles. The van der Waals surface area contributed by atoms with Crippen LogP contribution in [0.5, 0.6) is 0 Å². The minimum absolute atomic E-state index is 0.00648. The topological polar surface area (TPSA) is 66.8 Å². The van der Waals surface area contributed by atoms with E-state index in [1.807, 2.05) is 13.0 Å². The summed E-state index contributed by atoms with van der Waals surface area (Å²) >= 11 is 0. The first-order valence-corrected chi connectivity index (χ1v) is 6.53. The lowest BCUT2D eigenvalue weighted by molar-refractivity contribution is -0.141. The van der Waals surface area contributed by atoms with Gasteiger partial charge in [0.05, 0.1) is 13.7 Å². The number of benzene rings is 1. The van der Waals surface area contributed by atoms with Crippen molar-refractivity contribution < 1.29 is 19.4 Å². The Morgan fingerprint density at radius 2 is 2.10 bits per heavy atom. The predicted octanol–water partition coefficient (Wildman–Crippen LogP) is 0.974. The lowest BCUT2D eigenvalue weighted by Crippen LogP contribution is -2.33. The quantitative estimate of drug-likeness (QED) is 0.662. The SMILES string of the molecule is COC(=O)CN(C)C(=O)c1cccc(C#CCCO)c1C. The first-order valence-electron chi connectivity index (χ1n) is 6.53. The molecule has 0 aromatic heterocycles. The van der Waals surface area contributed by atoms with E-state index in [1.165, 1.54) is 12.0 Å². The highest BCUT2D eigenvalue weighted by Crippen LogP contribution is 2.15. The molecule has 0 saturated heterocycles. The second kappa shape index (κ2) is 8.08. The van der Waals surface area contributed by atoms with E-state index in [9.17, 15) is 9.59 Å². The number of hydrogen-bond acceptors (Lipinski definition) is 4. The second-order valence-corrected chi connectivity index (χ2v) is 4.49. The van der Waals surface area contributed by atoms with Crippen molar-refractivity contribution >= 4 is 11.9 Å². The fourth-order valence-corrected chi connectivity index (χ4v) is 1.75. The molecule has 21 heavy (non-hydrogen) atoms. The molecule has 0 atom stereocenters. The van der Waals surface area contributed by atoms with Gasteiger partial charge >= 0.3 is 5.97 Å². The largest absolute Gasteiger partial charge is 0.468 e. The van der Waals surface area contributed by atoms with Crippen LogP contribution < -0.4 is 0 Å². The lowest BCUT2D eigenvalue weighted by Gasteiger charge is -2.17. The first-order chi connectivity index (χ1) is 10.0. The molecule has 0 spiro atoms. The van der Waals surface area contributed by atoms with Crippen molar-refractivity contribution in [2.24, 2.45) is 0 Å². The third-order valence-electron chi connectivity index (χ3n) is 2.96. The van der Waals surface area contributed by atoms with Gasteiger partial charge < -0.3 is 14.7 Å². The zero-order valence-electron chi connectivity index (χ0n) is 12.5. The van der Waals surface area contributed by atoms with E-state index in [0.29, 0.717) is 12.0 Å². The molecule has 0 aliphatic carbocycles. The number of aliphatic hydroxyl groups is 1. The van der Waals surface area contributed by atoms with Crippen LogP contribution in [0.15, 0.2) is 18.2 Å². The average molecular weight is 289 g/mol. The highest BCUT2D eigenvalue weighted by atomic mass is 16.5. The maximum Gasteiger partial charge on any atom is 0.325 e. The molecule has 112 valence electrons. The van der Waals surface area contributed by atoms with Gasteiger partial charge in [-0.2, -0.15) is 0 Å². The maximum absolute atomic E-state index is 12.3. The lowest BCUT2D eigenvalue weighted by atomic mass is 10.0. The van der Waals surface area contributed by atoms with Crippen LogP contribution in [0.2, 0.25) is 0 Å². The van der Waals surface area contributed by atoms with Crippen molar-refractivity contribution in [3.8, 4) is 11.8 Å². The zero-order chi connectivity index (χ0) is 15.8. The summed E-state index contributed by atoms with van der Waals surface area (Å²) < 4.78 is 4.55. The van der Waals surface area contributed by atoms with Gasteiger partial charge in [-0.25, -0.2) is 0 Å². The second-order valence-electron chi connectivity index (χ2n) is 4.49. The molecule has 5 heteroatoms. The van der Waals surface area contributed by atoms with Gasteiger partial charge in [-0.15, -0.1) is 0 Å². The summed E-state index contributed by atoms with van der Waals surface area (Å²) in [4.78, 5) is 24.9. The number of nitrogens with zero attached hydrogens (tertiary/aromatic N) is 1. The van der Waals surface area contributed by atoms with Gasteiger partial charge in [0.25, 0.3) is 5.91 Å². The molecule has 1 N–H and O–H groups in total. The van der Waals surface area contributed by atoms with E-state index in [-0.39, 0.29) is 19.1 Å². The van der Waals surface area contributed by atoms with E-state index in [0.717, 1.165) is 11.1 Å². The number of carbonyl (C=O) groups excluding carboxylic acids is 2. The van der Waals surface area contributed by atoms with Gasteiger partial charge in [0.1, 0.15) is 6.54 Å². The van der Waals surface area contributed by atoms with Crippen molar-refractivity contribution in [2.75, 3.05) is 27.3 Å². The van der Waals surface area contributed by atoms with Gasteiger partial charge in [-0.05, 0) is 24.6 Å². The monoisotopic (exact) mass is 289 g/mol. The number of carbonyl (C=O) groups is 2. The third-order valence-corrected chi connectivity index (χ3v) is 2.96. The van der Waals surface area contributed by atoms with Crippen molar-refractivity contribution in [1.82, 2.24) is 4.90 Å². The van der Waals surface area contributed by atoms with Gasteiger partial charge in [-0.3, -0.25) is 9.59 Å². The summed E-state index contributed by atoms with van der Waals surface area (Å²) in [6.07, 6.45) is 0.389. The number of likely N-dealkylation sites (N-methyl/N-ethyl adjacent to an activating group) is 1. The minimum Gasteiger partial charge on any atom is -0.468 e. The molecule has 0 heterocycles. The number of aliphatic hydroxyl groups excluding tert-OH is 1. The van der Waals surface area contributed by atoms with Crippen LogP contribution in [0.3, 0.4) is 0 Å². The molecule has 0 aliphatic rings. The number of methoxy groups -OCH3 is 1. The number of ether oxygens (including phenoxy) is 1. The van der Waals surface area contributed by atoms with Crippen LogP contribution in [0.1, 0.15) is 27.9 Å². The summed E-state index contributed by atoms with van der Waals surface area (Å²) in [5.41, 5.74) is 1.99. The molecule has 0 radical (unpaired) electrons. The molecule has 1 aromatic carbocycles. The Labute approximate surface area is 124 Å². The molecule has 1 rings (SSSR count). The Morgan fingerprint density at radius 3 is 2.71 bits per heavy atom. The molecule has 5 nitrogen and oxygen atoms in total. The van der Waals surface area contributed by atoms with Crippen LogP contribution >= 0.6 is 0 Å². The molecule has 0 bridgehead atoms. The van der Waals surface area contributed by atoms with E-state index in [4.69, 9.17) is 5.11 Å². The minimum atomic E-state index is -0.470. The molecule has 0 aliphatic heterocycles. The highest BCUT2D eigenvalue weighted by molar-refractivity contribution is 5.97. The molecular weight excluding hydrogens is 270 g/mol. The summed E-state index contributed by atoms with van der Waals surface area (Å²) in [5, 5.41) is 8.73. The Hall–Kier alpha value is -2.32. The van der Waals surface area contributed by atoms with Gasteiger partial charge in [0.2, 0.25) is 0 Å². The normalized spacial score (nSPS) is 9.52. The van der Waals surface area contributed by atoms with E-state index >= 15 is 0 Å². The maximum atomic E-state index is 12.3. The molecular formula is C16H19NO4. The number of amides is 1.